The van der Waals surface area contributed by atoms with Gasteiger partial charge in [-0.1, -0.05) is 12.1 Å². The van der Waals surface area contributed by atoms with Gasteiger partial charge in [0, 0.05) is 18.3 Å². The molecule has 1 heterocycles. The summed E-state index contributed by atoms with van der Waals surface area (Å²) >= 11 is 0. The van der Waals surface area contributed by atoms with E-state index in [9.17, 15) is 0 Å². The fourth-order valence-corrected chi connectivity index (χ4v) is 2.65. The Morgan fingerprint density at radius 3 is 2.81 bits per heavy atom. The standard InChI is InChI=1S/C14H22N2/c1-11-10-13(7-8-15)5-6-14(11)16-9-3-4-12(16)2/h5-6,10,12H,3-4,7-9,15H2,1-2H3. The summed E-state index contributed by atoms with van der Waals surface area (Å²) in [5, 5.41) is 0. The smallest absolute Gasteiger partial charge is 0.0398 e. The van der Waals surface area contributed by atoms with E-state index in [2.05, 4.69) is 36.9 Å². The summed E-state index contributed by atoms with van der Waals surface area (Å²) in [4.78, 5) is 2.53. The van der Waals surface area contributed by atoms with Crippen molar-refractivity contribution in [2.75, 3.05) is 18.0 Å². The van der Waals surface area contributed by atoms with E-state index in [4.69, 9.17) is 5.73 Å². The van der Waals surface area contributed by atoms with E-state index in [-0.39, 0.29) is 0 Å². The monoisotopic (exact) mass is 218 g/mol. The van der Waals surface area contributed by atoms with E-state index in [1.807, 2.05) is 0 Å². The molecule has 2 rings (SSSR count). The van der Waals surface area contributed by atoms with Crippen LogP contribution in [0, 0.1) is 6.92 Å². The molecule has 1 aromatic rings. The highest BCUT2D eigenvalue weighted by Crippen LogP contribution is 2.28. The molecule has 0 aliphatic carbocycles. The molecule has 1 unspecified atom stereocenters. The second kappa shape index (κ2) is 4.88. The van der Waals surface area contributed by atoms with E-state index >= 15 is 0 Å². The molecule has 1 saturated heterocycles. The first-order chi connectivity index (χ1) is 7.72. The maximum absolute atomic E-state index is 5.58. The minimum absolute atomic E-state index is 0.694. The number of hydrogen-bond acceptors (Lipinski definition) is 2. The third kappa shape index (κ3) is 2.22. The zero-order valence-electron chi connectivity index (χ0n) is 10.4. The molecule has 1 atom stereocenters. The molecule has 2 heteroatoms. The Morgan fingerprint density at radius 1 is 1.44 bits per heavy atom. The van der Waals surface area contributed by atoms with Crippen molar-refractivity contribution in [3.63, 3.8) is 0 Å². The van der Waals surface area contributed by atoms with Crippen LogP contribution in [0.3, 0.4) is 0 Å². The molecule has 1 aromatic carbocycles. The van der Waals surface area contributed by atoms with E-state index in [1.54, 1.807) is 0 Å². The van der Waals surface area contributed by atoms with Crippen LogP contribution in [0.15, 0.2) is 18.2 Å². The first-order valence-corrected chi connectivity index (χ1v) is 6.28. The van der Waals surface area contributed by atoms with Gasteiger partial charge in [-0.15, -0.1) is 0 Å². The summed E-state index contributed by atoms with van der Waals surface area (Å²) in [5.74, 6) is 0. The Balaban J connectivity index is 2.21. The van der Waals surface area contributed by atoms with Gasteiger partial charge in [0.15, 0.2) is 0 Å². The molecule has 1 aliphatic heterocycles. The SMILES string of the molecule is Cc1cc(CCN)ccc1N1CCCC1C. The highest BCUT2D eigenvalue weighted by molar-refractivity contribution is 5.55. The zero-order chi connectivity index (χ0) is 11.5. The van der Waals surface area contributed by atoms with Gasteiger partial charge in [-0.2, -0.15) is 0 Å². The highest BCUT2D eigenvalue weighted by Gasteiger charge is 2.21. The van der Waals surface area contributed by atoms with Crippen LogP contribution in [-0.4, -0.2) is 19.1 Å². The fourth-order valence-electron chi connectivity index (χ4n) is 2.65. The zero-order valence-corrected chi connectivity index (χ0v) is 10.4. The van der Waals surface area contributed by atoms with Crippen LogP contribution < -0.4 is 10.6 Å². The molecule has 1 aliphatic rings. The van der Waals surface area contributed by atoms with Gasteiger partial charge in [0.1, 0.15) is 0 Å². The average molecular weight is 218 g/mol. The van der Waals surface area contributed by atoms with Crippen molar-refractivity contribution in [1.82, 2.24) is 0 Å². The number of nitrogens with zero attached hydrogens (tertiary/aromatic N) is 1. The number of benzene rings is 1. The van der Waals surface area contributed by atoms with Crippen molar-refractivity contribution in [2.45, 2.75) is 39.2 Å². The molecule has 0 radical (unpaired) electrons. The van der Waals surface area contributed by atoms with Gasteiger partial charge in [-0.25, -0.2) is 0 Å². The number of anilines is 1. The van der Waals surface area contributed by atoms with Gasteiger partial charge < -0.3 is 10.6 Å². The summed E-state index contributed by atoms with van der Waals surface area (Å²) in [6, 6.07) is 7.47. The summed E-state index contributed by atoms with van der Waals surface area (Å²) in [6.07, 6.45) is 3.63. The maximum atomic E-state index is 5.58. The Labute approximate surface area is 98.4 Å². The lowest BCUT2D eigenvalue weighted by Crippen LogP contribution is -2.26. The Kier molecular flexibility index (Phi) is 3.49. The Morgan fingerprint density at radius 2 is 2.25 bits per heavy atom. The molecule has 0 aromatic heterocycles. The van der Waals surface area contributed by atoms with Crippen molar-refractivity contribution >= 4 is 5.69 Å². The predicted octanol–water partition coefficient (Wildman–Crippen LogP) is 2.48. The van der Waals surface area contributed by atoms with Gasteiger partial charge >= 0.3 is 0 Å². The predicted molar refractivity (Wildman–Crippen MR) is 70.0 cm³/mol. The van der Waals surface area contributed by atoms with E-state index < -0.39 is 0 Å². The lowest BCUT2D eigenvalue weighted by molar-refractivity contribution is 0.733. The van der Waals surface area contributed by atoms with Crippen LogP contribution >= 0.6 is 0 Å². The van der Waals surface area contributed by atoms with Crippen LogP contribution in [0.2, 0.25) is 0 Å². The molecule has 2 nitrogen and oxygen atoms in total. The van der Waals surface area contributed by atoms with Crippen molar-refractivity contribution in [3.05, 3.63) is 29.3 Å². The third-order valence-electron chi connectivity index (χ3n) is 3.56. The Hall–Kier alpha value is -1.02. The van der Waals surface area contributed by atoms with E-state index in [1.165, 1.54) is 36.2 Å². The second-order valence-corrected chi connectivity index (χ2v) is 4.84. The van der Waals surface area contributed by atoms with E-state index in [0.29, 0.717) is 6.04 Å². The number of hydrogen-bond donors (Lipinski definition) is 1. The maximum Gasteiger partial charge on any atom is 0.0398 e. The normalized spacial score (nSPS) is 20.4. The molecule has 0 spiro atoms. The molecule has 1 fully saturated rings. The molecule has 88 valence electrons. The van der Waals surface area contributed by atoms with Crippen LogP contribution in [0.25, 0.3) is 0 Å². The number of nitrogens with two attached hydrogens (primary N) is 1. The minimum Gasteiger partial charge on any atom is -0.369 e. The van der Waals surface area contributed by atoms with Crippen molar-refractivity contribution in [1.29, 1.82) is 0 Å². The number of rotatable bonds is 3. The van der Waals surface area contributed by atoms with Gasteiger partial charge in [0.25, 0.3) is 0 Å². The summed E-state index contributed by atoms with van der Waals surface area (Å²) < 4.78 is 0. The molecular formula is C14H22N2. The number of aryl methyl sites for hydroxylation is 1. The summed E-state index contributed by atoms with van der Waals surface area (Å²) in [5.41, 5.74) is 9.74. The molecule has 0 amide bonds. The van der Waals surface area contributed by atoms with Gasteiger partial charge in [-0.05, 0) is 56.8 Å². The average Bonchev–Trinajstić information content (AvgIpc) is 2.65. The van der Waals surface area contributed by atoms with Crippen molar-refractivity contribution in [3.8, 4) is 0 Å². The lowest BCUT2D eigenvalue weighted by Gasteiger charge is -2.26. The quantitative estimate of drug-likeness (QED) is 0.844. The topological polar surface area (TPSA) is 29.3 Å². The van der Waals surface area contributed by atoms with Gasteiger partial charge in [-0.3, -0.25) is 0 Å². The molecule has 16 heavy (non-hydrogen) atoms. The van der Waals surface area contributed by atoms with Crippen LogP contribution in [0.1, 0.15) is 30.9 Å². The lowest BCUT2D eigenvalue weighted by atomic mass is 10.1. The molecule has 0 bridgehead atoms. The molecule has 2 N–H and O–H groups in total. The van der Waals surface area contributed by atoms with Gasteiger partial charge in [0.05, 0.1) is 0 Å². The van der Waals surface area contributed by atoms with E-state index in [0.717, 1.165) is 13.0 Å². The largest absolute Gasteiger partial charge is 0.369 e. The first kappa shape index (κ1) is 11.5. The highest BCUT2D eigenvalue weighted by atomic mass is 15.2. The molecule has 0 saturated carbocycles. The second-order valence-electron chi connectivity index (χ2n) is 4.84. The van der Waals surface area contributed by atoms with Crippen LogP contribution in [0.4, 0.5) is 5.69 Å². The third-order valence-corrected chi connectivity index (χ3v) is 3.56. The summed E-state index contributed by atoms with van der Waals surface area (Å²) in [6.45, 7) is 6.47. The minimum atomic E-state index is 0.694. The fraction of sp³-hybridized carbons (Fsp3) is 0.571. The summed E-state index contributed by atoms with van der Waals surface area (Å²) in [7, 11) is 0. The van der Waals surface area contributed by atoms with Crippen LogP contribution in [0.5, 0.6) is 0 Å². The van der Waals surface area contributed by atoms with Crippen molar-refractivity contribution < 1.29 is 0 Å². The van der Waals surface area contributed by atoms with Gasteiger partial charge in [0.2, 0.25) is 0 Å². The van der Waals surface area contributed by atoms with Crippen LogP contribution in [-0.2, 0) is 6.42 Å². The molecular weight excluding hydrogens is 196 g/mol. The Bertz CT molecular complexity index is 360. The first-order valence-electron chi connectivity index (χ1n) is 6.28. The van der Waals surface area contributed by atoms with Crippen molar-refractivity contribution in [2.24, 2.45) is 5.73 Å².